The van der Waals surface area contributed by atoms with Gasteiger partial charge in [0.2, 0.25) is 0 Å². The van der Waals surface area contributed by atoms with Crippen molar-refractivity contribution >= 4 is 11.6 Å². The van der Waals surface area contributed by atoms with Gasteiger partial charge in [0.15, 0.2) is 0 Å². The second kappa shape index (κ2) is 9.58. The van der Waals surface area contributed by atoms with E-state index in [0.717, 1.165) is 34.9 Å². The van der Waals surface area contributed by atoms with Crippen molar-refractivity contribution in [2.24, 2.45) is 0 Å². The first kappa shape index (κ1) is 19.5. The second-order valence-electron chi connectivity index (χ2n) is 6.34. The Morgan fingerprint density at radius 3 is 2.11 bits per heavy atom. The van der Waals surface area contributed by atoms with Crippen LogP contribution in [0.4, 0.5) is 5.69 Å². The van der Waals surface area contributed by atoms with Gasteiger partial charge in [0.1, 0.15) is 11.5 Å². The lowest BCUT2D eigenvalue weighted by Crippen LogP contribution is -2.14. The Morgan fingerprint density at radius 2 is 1.43 bits per heavy atom. The van der Waals surface area contributed by atoms with Crippen LogP contribution in [0.25, 0.3) is 0 Å². The molecule has 0 spiro atoms. The minimum Gasteiger partial charge on any atom is -0.497 e. The van der Waals surface area contributed by atoms with Crippen LogP contribution < -0.4 is 20.1 Å². The number of ether oxygens (including phenoxy) is 2. The molecule has 0 unspecified atom stereocenters. The number of benzene rings is 3. The van der Waals surface area contributed by atoms with Crippen LogP contribution in [0.3, 0.4) is 0 Å². The molecule has 0 bridgehead atoms. The highest BCUT2D eigenvalue weighted by atomic mass is 16.5. The van der Waals surface area contributed by atoms with E-state index in [1.165, 1.54) is 0 Å². The number of nitrogens with one attached hydrogen (secondary N) is 2. The van der Waals surface area contributed by atoms with Gasteiger partial charge in [0.25, 0.3) is 5.91 Å². The maximum atomic E-state index is 12.4. The van der Waals surface area contributed by atoms with Crippen LogP contribution in [0.1, 0.15) is 21.5 Å². The molecule has 0 radical (unpaired) electrons. The monoisotopic (exact) mass is 376 g/mol. The van der Waals surface area contributed by atoms with Gasteiger partial charge >= 0.3 is 0 Å². The van der Waals surface area contributed by atoms with Crippen molar-refractivity contribution in [2.45, 2.75) is 13.1 Å². The van der Waals surface area contributed by atoms with Crippen LogP contribution in [0.15, 0.2) is 72.8 Å². The summed E-state index contributed by atoms with van der Waals surface area (Å²) in [5, 5.41) is 6.35. The molecule has 3 rings (SSSR count). The number of rotatable bonds is 8. The number of hydrogen-bond acceptors (Lipinski definition) is 4. The molecule has 1 amide bonds. The molecule has 0 fully saturated rings. The average molecular weight is 376 g/mol. The Balaban J connectivity index is 1.56. The third-order valence-corrected chi connectivity index (χ3v) is 4.33. The molecular formula is C23H24N2O3. The van der Waals surface area contributed by atoms with E-state index < -0.39 is 0 Å². The predicted molar refractivity (Wildman–Crippen MR) is 111 cm³/mol. The summed E-state index contributed by atoms with van der Waals surface area (Å²) in [4.78, 5) is 12.4. The number of methoxy groups -OCH3 is 2. The van der Waals surface area contributed by atoms with E-state index in [-0.39, 0.29) is 5.91 Å². The topological polar surface area (TPSA) is 59.6 Å². The van der Waals surface area contributed by atoms with Gasteiger partial charge in [-0.1, -0.05) is 24.3 Å². The van der Waals surface area contributed by atoms with Crippen molar-refractivity contribution in [1.29, 1.82) is 0 Å². The van der Waals surface area contributed by atoms with E-state index in [2.05, 4.69) is 16.7 Å². The zero-order valence-corrected chi connectivity index (χ0v) is 16.1. The van der Waals surface area contributed by atoms with Gasteiger partial charge in [-0.3, -0.25) is 4.79 Å². The van der Waals surface area contributed by atoms with Crippen molar-refractivity contribution in [2.75, 3.05) is 19.5 Å². The van der Waals surface area contributed by atoms with E-state index >= 15 is 0 Å². The molecule has 28 heavy (non-hydrogen) atoms. The summed E-state index contributed by atoms with van der Waals surface area (Å²) >= 11 is 0. The zero-order chi connectivity index (χ0) is 19.8. The third kappa shape index (κ3) is 5.34. The normalized spacial score (nSPS) is 10.4. The zero-order valence-electron chi connectivity index (χ0n) is 16.1. The van der Waals surface area contributed by atoms with Gasteiger partial charge in [-0.15, -0.1) is 0 Å². The Kier molecular flexibility index (Phi) is 6.65. The van der Waals surface area contributed by atoms with E-state index in [9.17, 15) is 4.79 Å². The molecule has 5 nitrogen and oxygen atoms in total. The molecule has 0 heterocycles. The summed E-state index contributed by atoms with van der Waals surface area (Å²) in [5.74, 6) is 1.42. The number of carbonyl (C=O) groups excluding carboxylic acids is 1. The minimum absolute atomic E-state index is 0.149. The molecule has 2 N–H and O–H groups in total. The number of carbonyl (C=O) groups is 1. The first-order valence-electron chi connectivity index (χ1n) is 9.06. The van der Waals surface area contributed by atoms with E-state index in [1.54, 1.807) is 38.5 Å². The molecule has 0 aromatic heterocycles. The van der Waals surface area contributed by atoms with Crippen molar-refractivity contribution in [1.82, 2.24) is 5.32 Å². The Morgan fingerprint density at radius 1 is 0.786 bits per heavy atom. The fourth-order valence-electron chi connectivity index (χ4n) is 2.84. The van der Waals surface area contributed by atoms with Gasteiger partial charge in [0, 0.05) is 24.3 Å². The molecule has 3 aromatic carbocycles. The number of anilines is 1. The van der Waals surface area contributed by atoms with Crippen LogP contribution in [0, 0.1) is 0 Å². The first-order chi connectivity index (χ1) is 13.7. The standard InChI is InChI=1S/C23H24N2O3/c1-27-21-11-9-19(10-12-21)23(26)25-20-7-3-5-17(13-20)15-24-16-18-6-4-8-22(14-18)28-2/h3-14,24H,15-16H2,1-2H3,(H,25,26). The molecule has 3 aromatic rings. The molecule has 0 aliphatic carbocycles. The number of hydrogen-bond donors (Lipinski definition) is 2. The largest absolute Gasteiger partial charge is 0.497 e. The third-order valence-electron chi connectivity index (χ3n) is 4.33. The van der Waals surface area contributed by atoms with Crippen LogP contribution in [-0.2, 0) is 13.1 Å². The molecule has 0 aliphatic rings. The average Bonchev–Trinajstić information content (AvgIpc) is 2.74. The fraction of sp³-hybridized carbons (Fsp3) is 0.174. The van der Waals surface area contributed by atoms with Crippen molar-refractivity contribution < 1.29 is 14.3 Å². The van der Waals surface area contributed by atoms with Gasteiger partial charge < -0.3 is 20.1 Å². The van der Waals surface area contributed by atoms with Crippen molar-refractivity contribution in [3.8, 4) is 11.5 Å². The minimum atomic E-state index is -0.149. The highest BCUT2D eigenvalue weighted by Gasteiger charge is 2.07. The number of amides is 1. The lowest BCUT2D eigenvalue weighted by molar-refractivity contribution is 0.102. The maximum Gasteiger partial charge on any atom is 0.255 e. The molecule has 144 valence electrons. The second-order valence-corrected chi connectivity index (χ2v) is 6.34. The smallest absolute Gasteiger partial charge is 0.255 e. The molecule has 0 saturated heterocycles. The lowest BCUT2D eigenvalue weighted by atomic mass is 10.1. The summed E-state index contributed by atoms with van der Waals surface area (Å²) < 4.78 is 10.4. The summed E-state index contributed by atoms with van der Waals surface area (Å²) in [6.07, 6.45) is 0. The Labute approximate surface area is 165 Å². The highest BCUT2D eigenvalue weighted by molar-refractivity contribution is 6.04. The van der Waals surface area contributed by atoms with Crippen molar-refractivity contribution in [3.63, 3.8) is 0 Å². The quantitative estimate of drug-likeness (QED) is 0.617. The van der Waals surface area contributed by atoms with Crippen molar-refractivity contribution in [3.05, 3.63) is 89.5 Å². The van der Waals surface area contributed by atoms with Crippen LogP contribution in [-0.4, -0.2) is 20.1 Å². The Bertz CT molecular complexity index is 923. The van der Waals surface area contributed by atoms with Crippen LogP contribution in [0.5, 0.6) is 11.5 Å². The summed E-state index contributed by atoms with van der Waals surface area (Å²) in [6.45, 7) is 1.43. The lowest BCUT2D eigenvalue weighted by Gasteiger charge is -2.10. The van der Waals surface area contributed by atoms with Gasteiger partial charge in [-0.2, -0.15) is 0 Å². The summed E-state index contributed by atoms with van der Waals surface area (Å²) in [7, 11) is 3.27. The molecular weight excluding hydrogens is 352 g/mol. The van der Waals surface area contributed by atoms with E-state index in [0.29, 0.717) is 12.1 Å². The molecule has 5 heteroatoms. The predicted octanol–water partition coefficient (Wildman–Crippen LogP) is 4.25. The Hall–Kier alpha value is -3.31. The van der Waals surface area contributed by atoms with Gasteiger partial charge in [0.05, 0.1) is 14.2 Å². The van der Waals surface area contributed by atoms with Gasteiger partial charge in [-0.05, 0) is 59.7 Å². The highest BCUT2D eigenvalue weighted by Crippen LogP contribution is 2.16. The first-order valence-corrected chi connectivity index (χ1v) is 9.06. The molecule has 0 saturated carbocycles. The molecule has 0 aliphatic heterocycles. The van der Waals surface area contributed by atoms with Crippen LogP contribution in [0.2, 0.25) is 0 Å². The van der Waals surface area contributed by atoms with Crippen LogP contribution >= 0.6 is 0 Å². The maximum absolute atomic E-state index is 12.4. The van der Waals surface area contributed by atoms with E-state index in [4.69, 9.17) is 9.47 Å². The summed E-state index contributed by atoms with van der Waals surface area (Å²) in [5.41, 5.74) is 3.60. The van der Waals surface area contributed by atoms with E-state index in [1.807, 2.05) is 42.5 Å². The van der Waals surface area contributed by atoms with Gasteiger partial charge in [-0.25, -0.2) is 0 Å². The summed E-state index contributed by atoms with van der Waals surface area (Å²) in [6, 6.07) is 22.8. The SMILES string of the molecule is COc1ccc(C(=O)Nc2cccc(CNCc3cccc(OC)c3)c2)cc1. The molecule has 0 atom stereocenters. The fourth-order valence-corrected chi connectivity index (χ4v) is 2.84.